The van der Waals surface area contributed by atoms with E-state index < -0.39 is 5.66 Å². The fourth-order valence-corrected chi connectivity index (χ4v) is 0.486. The van der Waals surface area contributed by atoms with E-state index in [4.69, 9.17) is 0 Å². The topological polar surface area (TPSA) is 54.1 Å². The standard InChI is InChI=1S/C6H11N3O/c1-4-6(2,8-5-10)9-7-3/h4H2,1-3H3. The molecule has 0 spiro atoms. The van der Waals surface area contributed by atoms with Gasteiger partial charge in [-0.1, -0.05) is 6.92 Å². The second kappa shape index (κ2) is 3.90. The molecule has 0 heterocycles. The summed E-state index contributed by atoms with van der Waals surface area (Å²) in [6, 6.07) is 0. The molecule has 0 rings (SSSR count). The maximum absolute atomic E-state index is 9.86. The van der Waals surface area contributed by atoms with Gasteiger partial charge in [-0.15, -0.1) is 0 Å². The quantitative estimate of drug-likeness (QED) is 0.334. The van der Waals surface area contributed by atoms with Gasteiger partial charge in [0.05, 0.1) is 0 Å². The Morgan fingerprint density at radius 3 is 2.50 bits per heavy atom. The third-order valence-corrected chi connectivity index (χ3v) is 1.27. The summed E-state index contributed by atoms with van der Waals surface area (Å²) in [6.07, 6.45) is 2.12. The van der Waals surface area contributed by atoms with E-state index in [9.17, 15) is 4.79 Å². The van der Waals surface area contributed by atoms with Crippen LogP contribution in [0.15, 0.2) is 15.2 Å². The van der Waals surface area contributed by atoms with Gasteiger partial charge in [-0.05, 0) is 13.3 Å². The monoisotopic (exact) mass is 141 g/mol. The van der Waals surface area contributed by atoms with Gasteiger partial charge in [-0.2, -0.15) is 15.2 Å². The first-order valence-electron chi connectivity index (χ1n) is 3.08. The lowest BCUT2D eigenvalue weighted by Gasteiger charge is -2.12. The molecule has 0 bridgehead atoms. The molecule has 1 atom stereocenters. The summed E-state index contributed by atoms with van der Waals surface area (Å²) < 4.78 is 0. The zero-order chi connectivity index (χ0) is 8.04. The number of hydrogen-bond donors (Lipinski definition) is 0. The Bertz CT molecular complexity index is 172. The Hall–Kier alpha value is -1.02. The van der Waals surface area contributed by atoms with Crippen molar-refractivity contribution >= 4 is 6.08 Å². The van der Waals surface area contributed by atoms with E-state index in [0.717, 1.165) is 0 Å². The molecule has 0 fully saturated rings. The Morgan fingerprint density at radius 1 is 1.60 bits per heavy atom. The minimum absolute atomic E-state index is 0.652. The third-order valence-electron chi connectivity index (χ3n) is 1.27. The lowest BCUT2D eigenvalue weighted by molar-refractivity contribution is 0.447. The summed E-state index contributed by atoms with van der Waals surface area (Å²) in [5, 5.41) is 7.31. The molecule has 0 amide bonds. The fraction of sp³-hybridized carbons (Fsp3) is 0.833. The smallest absolute Gasteiger partial charge is 0.211 e. The molecular formula is C6H11N3O. The van der Waals surface area contributed by atoms with Crippen molar-refractivity contribution in [2.45, 2.75) is 25.9 Å². The molecule has 0 aliphatic heterocycles. The third kappa shape index (κ3) is 2.51. The summed E-state index contributed by atoms with van der Waals surface area (Å²) in [7, 11) is 1.55. The van der Waals surface area contributed by atoms with Crippen molar-refractivity contribution in [2.75, 3.05) is 7.05 Å². The normalized spacial score (nSPS) is 16.3. The molecule has 4 nitrogen and oxygen atoms in total. The minimum atomic E-state index is -0.698. The average molecular weight is 141 g/mol. The molecule has 4 heteroatoms. The van der Waals surface area contributed by atoms with Gasteiger partial charge >= 0.3 is 0 Å². The molecule has 0 aromatic heterocycles. The molecule has 0 aromatic carbocycles. The van der Waals surface area contributed by atoms with Crippen molar-refractivity contribution in [3.05, 3.63) is 0 Å². The number of nitrogens with zero attached hydrogens (tertiary/aromatic N) is 3. The Labute approximate surface area is 60.1 Å². The number of carbonyl (C=O) groups excluding carboxylic acids is 1. The summed E-state index contributed by atoms with van der Waals surface area (Å²) >= 11 is 0. The van der Waals surface area contributed by atoms with Gasteiger partial charge in [0, 0.05) is 7.05 Å². The largest absolute Gasteiger partial charge is 0.237 e. The van der Waals surface area contributed by atoms with Crippen molar-refractivity contribution in [1.29, 1.82) is 0 Å². The summed E-state index contributed by atoms with van der Waals surface area (Å²) in [5.41, 5.74) is -0.698. The predicted molar refractivity (Wildman–Crippen MR) is 37.6 cm³/mol. The molecule has 0 saturated carbocycles. The van der Waals surface area contributed by atoms with Crippen LogP contribution in [0, 0.1) is 0 Å². The highest BCUT2D eigenvalue weighted by atomic mass is 16.1. The lowest BCUT2D eigenvalue weighted by atomic mass is 10.2. The maximum atomic E-state index is 9.86. The van der Waals surface area contributed by atoms with Gasteiger partial charge in [-0.25, -0.2) is 4.79 Å². The molecule has 1 unspecified atom stereocenters. The van der Waals surface area contributed by atoms with Crippen molar-refractivity contribution in [3.8, 4) is 0 Å². The van der Waals surface area contributed by atoms with E-state index in [1.807, 2.05) is 6.92 Å². The second-order valence-electron chi connectivity index (χ2n) is 2.07. The van der Waals surface area contributed by atoms with Crippen LogP contribution in [-0.2, 0) is 4.79 Å². The van der Waals surface area contributed by atoms with Crippen LogP contribution >= 0.6 is 0 Å². The Balaban J connectivity index is 4.37. The maximum Gasteiger partial charge on any atom is 0.237 e. The fourth-order valence-electron chi connectivity index (χ4n) is 0.486. The highest BCUT2D eigenvalue weighted by molar-refractivity contribution is 5.34. The Morgan fingerprint density at radius 2 is 2.20 bits per heavy atom. The molecule has 0 radical (unpaired) electrons. The van der Waals surface area contributed by atoms with Crippen molar-refractivity contribution in [2.24, 2.45) is 15.2 Å². The lowest BCUT2D eigenvalue weighted by Crippen LogP contribution is -2.15. The van der Waals surface area contributed by atoms with Gasteiger partial charge in [0.15, 0.2) is 5.66 Å². The van der Waals surface area contributed by atoms with Crippen LogP contribution in [0.1, 0.15) is 20.3 Å². The first-order chi connectivity index (χ1) is 4.68. The van der Waals surface area contributed by atoms with Crippen LogP contribution < -0.4 is 0 Å². The van der Waals surface area contributed by atoms with Crippen LogP contribution in [-0.4, -0.2) is 18.8 Å². The molecule has 0 N–H and O–H groups in total. The summed E-state index contributed by atoms with van der Waals surface area (Å²) in [4.78, 5) is 13.4. The first kappa shape index (κ1) is 8.98. The van der Waals surface area contributed by atoms with E-state index in [-0.39, 0.29) is 0 Å². The molecule has 0 aliphatic carbocycles. The SMILES string of the molecule is CCC(C)(N=C=O)N=NC. The molecule has 0 aliphatic rings. The van der Waals surface area contributed by atoms with Crippen molar-refractivity contribution in [1.82, 2.24) is 0 Å². The van der Waals surface area contributed by atoms with Crippen molar-refractivity contribution in [3.63, 3.8) is 0 Å². The van der Waals surface area contributed by atoms with E-state index in [0.29, 0.717) is 6.42 Å². The van der Waals surface area contributed by atoms with Gasteiger partial charge in [0.2, 0.25) is 6.08 Å². The highest BCUT2D eigenvalue weighted by Gasteiger charge is 2.18. The number of azo groups is 1. The van der Waals surface area contributed by atoms with E-state index in [1.54, 1.807) is 14.0 Å². The zero-order valence-corrected chi connectivity index (χ0v) is 6.46. The zero-order valence-electron chi connectivity index (χ0n) is 6.46. The second-order valence-corrected chi connectivity index (χ2v) is 2.07. The molecular weight excluding hydrogens is 130 g/mol. The van der Waals surface area contributed by atoms with Crippen LogP contribution in [0.5, 0.6) is 0 Å². The molecule has 10 heavy (non-hydrogen) atoms. The first-order valence-corrected chi connectivity index (χ1v) is 3.08. The van der Waals surface area contributed by atoms with Gasteiger partial charge in [-0.3, -0.25) is 0 Å². The Kier molecular flexibility index (Phi) is 3.51. The summed E-state index contributed by atoms with van der Waals surface area (Å²) in [5.74, 6) is 0. The average Bonchev–Trinajstić information content (AvgIpc) is 1.89. The van der Waals surface area contributed by atoms with Crippen LogP contribution in [0.25, 0.3) is 0 Å². The van der Waals surface area contributed by atoms with Crippen LogP contribution in [0.2, 0.25) is 0 Å². The van der Waals surface area contributed by atoms with Crippen LogP contribution in [0.3, 0.4) is 0 Å². The van der Waals surface area contributed by atoms with Gasteiger partial charge in [0.1, 0.15) is 0 Å². The minimum Gasteiger partial charge on any atom is -0.211 e. The summed E-state index contributed by atoms with van der Waals surface area (Å²) in [6.45, 7) is 3.61. The van der Waals surface area contributed by atoms with E-state index in [2.05, 4.69) is 15.2 Å². The number of isocyanates is 1. The van der Waals surface area contributed by atoms with E-state index in [1.165, 1.54) is 6.08 Å². The molecule has 0 aromatic rings. The van der Waals surface area contributed by atoms with E-state index >= 15 is 0 Å². The highest BCUT2D eigenvalue weighted by Crippen LogP contribution is 2.15. The number of rotatable bonds is 3. The predicted octanol–water partition coefficient (Wildman–Crippen LogP) is 1.53. The van der Waals surface area contributed by atoms with Crippen LogP contribution in [0.4, 0.5) is 0 Å². The number of aliphatic imine (C=N–C) groups is 1. The molecule has 0 saturated heterocycles. The van der Waals surface area contributed by atoms with Crippen molar-refractivity contribution < 1.29 is 4.79 Å². The molecule has 56 valence electrons. The van der Waals surface area contributed by atoms with Gasteiger partial charge in [0.25, 0.3) is 0 Å². The van der Waals surface area contributed by atoms with Gasteiger partial charge < -0.3 is 0 Å². The number of hydrogen-bond acceptors (Lipinski definition) is 4.